The highest BCUT2D eigenvalue weighted by molar-refractivity contribution is 7.89. The van der Waals surface area contributed by atoms with Gasteiger partial charge in [-0.2, -0.15) is 4.31 Å². The molecule has 0 aromatic heterocycles. The highest BCUT2D eigenvalue weighted by Crippen LogP contribution is 2.42. The van der Waals surface area contributed by atoms with Crippen molar-refractivity contribution in [1.29, 1.82) is 0 Å². The standard InChI is InChI=1S/C25H38N2O5S/c28-33(29,27-14-16-30-17-15-27)18-21-6-4-20(5-7-21)8-11-26-12-9-22(10-13-26)23-2-1-3-24-25(23)32-19-31-24/h1-3,20-22H,4-19H2. The number of likely N-dealkylation sites (tertiary alicyclic amines) is 1. The van der Waals surface area contributed by atoms with Crippen molar-refractivity contribution in [2.75, 3.05) is 58.5 Å². The van der Waals surface area contributed by atoms with Crippen molar-refractivity contribution in [2.45, 2.75) is 50.9 Å². The number of rotatable bonds is 7. The van der Waals surface area contributed by atoms with Crippen molar-refractivity contribution in [1.82, 2.24) is 9.21 Å². The van der Waals surface area contributed by atoms with Crippen molar-refractivity contribution in [2.24, 2.45) is 11.8 Å². The van der Waals surface area contributed by atoms with Gasteiger partial charge in [-0.1, -0.05) is 25.0 Å². The van der Waals surface area contributed by atoms with E-state index in [1.807, 2.05) is 6.07 Å². The van der Waals surface area contributed by atoms with E-state index in [0.717, 1.165) is 43.3 Å². The highest BCUT2D eigenvalue weighted by atomic mass is 32.2. The molecule has 3 aliphatic heterocycles. The van der Waals surface area contributed by atoms with E-state index in [1.165, 1.54) is 44.2 Å². The van der Waals surface area contributed by atoms with Crippen LogP contribution in [0.2, 0.25) is 0 Å². The minimum absolute atomic E-state index is 0.323. The zero-order valence-corrected chi connectivity index (χ0v) is 20.4. The molecule has 0 amide bonds. The molecule has 1 aromatic rings. The Balaban J connectivity index is 1.02. The van der Waals surface area contributed by atoms with Crippen LogP contribution in [-0.2, 0) is 14.8 Å². The Bertz CT molecular complexity index is 886. The van der Waals surface area contributed by atoms with Crippen molar-refractivity contribution in [3.8, 4) is 11.5 Å². The van der Waals surface area contributed by atoms with E-state index in [-0.39, 0.29) is 0 Å². The number of sulfonamides is 1. The lowest BCUT2D eigenvalue weighted by atomic mass is 9.81. The molecule has 184 valence electrons. The van der Waals surface area contributed by atoms with Crippen LogP contribution in [0.4, 0.5) is 0 Å². The second kappa shape index (κ2) is 10.5. The Morgan fingerprint density at radius 2 is 1.61 bits per heavy atom. The SMILES string of the molecule is O=S(=O)(CC1CCC(CCN2CCC(c3cccc4c3OCO4)CC2)CC1)N1CCOCC1. The zero-order chi connectivity index (χ0) is 22.7. The predicted octanol–water partition coefficient (Wildman–Crippen LogP) is 3.45. The van der Waals surface area contributed by atoms with Crippen LogP contribution >= 0.6 is 0 Å². The molecule has 2 saturated heterocycles. The molecular formula is C25H38N2O5S. The molecule has 0 radical (unpaired) electrons. The summed E-state index contributed by atoms with van der Waals surface area (Å²) in [6.45, 7) is 5.87. The number of hydrogen-bond donors (Lipinski definition) is 0. The third kappa shape index (κ3) is 5.66. The molecule has 8 heteroatoms. The van der Waals surface area contributed by atoms with Gasteiger partial charge in [0.25, 0.3) is 0 Å². The Morgan fingerprint density at radius 1 is 0.879 bits per heavy atom. The maximum absolute atomic E-state index is 12.7. The van der Waals surface area contributed by atoms with E-state index in [0.29, 0.717) is 50.7 Å². The minimum atomic E-state index is -3.13. The van der Waals surface area contributed by atoms with Crippen LogP contribution in [0.3, 0.4) is 0 Å². The summed E-state index contributed by atoms with van der Waals surface area (Å²) in [5.41, 5.74) is 1.31. The van der Waals surface area contributed by atoms with E-state index < -0.39 is 10.0 Å². The van der Waals surface area contributed by atoms with Crippen LogP contribution in [0.1, 0.15) is 56.4 Å². The first-order valence-electron chi connectivity index (χ1n) is 12.7. The molecule has 0 atom stereocenters. The van der Waals surface area contributed by atoms with Crippen molar-refractivity contribution in [3.63, 3.8) is 0 Å². The summed E-state index contributed by atoms with van der Waals surface area (Å²) < 4.78 is 43.6. The monoisotopic (exact) mass is 478 g/mol. The van der Waals surface area contributed by atoms with Gasteiger partial charge in [0.1, 0.15) is 0 Å². The van der Waals surface area contributed by atoms with E-state index in [4.69, 9.17) is 14.2 Å². The molecule has 33 heavy (non-hydrogen) atoms. The van der Waals surface area contributed by atoms with Gasteiger partial charge in [0.2, 0.25) is 16.8 Å². The summed E-state index contributed by atoms with van der Waals surface area (Å²) in [5.74, 6) is 3.80. The van der Waals surface area contributed by atoms with Gasteiger partial charge in [-0.05, 0) is 75.6 Å². The van der Waals surface area contributed by atoms with Gasteiger partial charge >= 0.3 is 0 Å². The maximum atomic E-state index is 12.7. The average molecular weight is 479 g/mol. The van der Waals surface area contributed by atoms with Crippen LogP contribution < -0.4 is 9.47 Å². The van der Waals surface area contributed by atoms with Gasteiger partial charge in [-0.15, -0.1) is 0 Å². The van der Waals surface area contributed by atoms with Gasteiger partial charge in [-0.3, -0.25) is 0 Å². The molecule has 0 spiro atoms. The first-order valence-corrected chi connectivity index (χ1v) is 14.4. The number of fused-ring (bicyclic) bond motifs is 1. The van der Waals surface area contributed by atoms with Crippen LogP contribution in [0.25, 0.3) is 0 Å². The number of piperidine rings is 1. The van der Waals surface area contributed by atoms with Gasteiger partial charge in [-0.25, -0.2) is 8.42 Å². The fourth-order valence-electron chi connectivity index (χ4n) is 6.02. The van der Waals surface area contributed by atoms with Crippen molar-refractivity contribution >= 4 is 10.0 Å². The summed E-state index contributed by atoms with van der Waals surface area (Å²) in [7, 11) is -3.13. The lowest BCUT2D eigenvalue weighted by Gasteiger charge is -2.35. The summed E-state index contributed by atoms with van der Waals surface area (Å²) in [6.07, 6.45) is 8.04. The second-order valence-electron chi connectivity index (χ2n) is 10.2. The molecular weight excluding hydrogens is 440 g/mol. The average Bonchev–Trinajstić information content (AvgIpc) is 3.34. The maximum Gasteiger partial charge on any atom is 0.231 e. The van der Waals surface area contributed by atoms with Gasteiger partial charge in [0, 0.05) is 18.7 Å². The van der Waals surface area contributed by atoms with Crippen LogP contribution in [-0.4, -0.2) is 76.1 Å². The first kappa shape index (κ1) is 23.4. The molecule has 3 fully saturated rings. The summed E-state index contributed by atoms with van der Waals surface area (Å²) in [5, 5.41) is 0. The lowest BCUT2D eigenvalue weighted by Crippen LogP contribution is -2.43. The predicted molar refractivity (Wildman–Crippen MR) is 127 cm³/mol. The Labute approximate surface area is 198 Å². The number of hydrogen-bond acceptors (Lipinski definition) is 6. The van der Waals surface area contributed by atoms with Crippen LogP contribution in [0.15, 0.2) is 18.2 Å². The molecule has 0 unspecified atom stereocenters. The summed E-state index contributed by atoms with van der Waals surface area (Å²) in [4.78, 5) is 2.62. The van der Waals surface area contributed by atoms with Gasteiger partial charge in [0.05, 0.1) is 19.0 Å². The Morgan fingerprint density at radius 3 is 2.36 bits per heavy atom. The fraction of sp³-hybridized carbons (Fsp3) is 0.760. The molecule has 1 aliphatic carbocycles. The fourth-order valence-corrected chi connectivity index (χ4v) is 7.87. The van der Waals surface area contributed by atoms with E-state index >= 15 is 0 Å². The van der Waals surface area contributed by atoms with Gasteiger partial charge < -0.3 is 19.1 Å². The summed E-state index contributed by atoms with van der Waals surface area (Å²) in [6, 6.07) is 6.27. The summed E-state index contributed by atoms with van der Waals surface area (Å²) >= 11 is 0. The van der Waals surface area contributed by atoms with Crippen LogP contribution in [0.5, 0.6) is 11.5 Å². The normalized spacial score (nSPS) is 27.6. The molecule has 4 aliphatic rings. The van der Waals surface area contributed by atoms with E-state index in [2.05, 4.69) is 17.0 Å². The molecule has 5 rings (SSSR count). The quantitative estimate of drug-likeness (QED) is 0.598. The van der Waals surface area contributed by atoms with Crippen molar-refractivity contribution in [3.05, 3.63) is 23.8 Å². The molecule has 0 bridgehead atoms. The lowest BCUT2D eigenvalue weighted by molar-refractivity contribution is 0.0727. The highest BCUT2D eigenvalue weighted by Gasteiger charge is 2.31. The molecule has 0 N–H and O–H groups in total. The van der Waals surface area contributed by atoms with Crippen LogP contribution in [0, 0.1) is 11.8 Å². The third-order valence-electron chi connectivity index (χ3n) is 8.08. The number of para-hydroxylation sites is 1. The topological polar surface area (TPSA) is 68.3 Å². The molecule has 1 saturated carbocycles. The van der Waals surface area contributed by atoms with Crippen molar-refractivity contribution < 1.29 is 22.6 Å². The zero-order valence-electron chi connectivity index (χ0n) is 19.6. The molecule has 3 heterocycles. The van der Waals surface area contributed by atoms with Gasteiger partial charge in [0.15, 0.2) is 11.5 Å². The smallest absolute Gasteiger partial charge is 0.231 e. The number of nitrogens with zero attached hydrogens (tertiary/aromatic N) is 2. The number of benzene rings is 1. The second-order valence-corrected chi connectivity index (χ2v) is 12.2. The Hall–Kier alpha value is -1.35. The third-order valence-corrected chi connectivity index (χ3v) is 10.1. The minimum Gasteiger partial charge on any atom is -0.454 e. The number of morpholine rings is 1. The largest absolute Gasteiger partial charge is 0.454 e. The Kier molecular flexibility index (Phi) is 7.45. The molecule has 7 nitrogen and oxygen atoms in total. The first-order chi connectivity index (χ1) is 16.1. The molecule has 1 aromatic carbocycles. The van der Waals surface area contributed by atoms with E-state index in [9.17, 15) is 8.42 Å². The number of ether oxygens (including phenoxy) is 3. The van der Waals surface area contributed by atoms with E-state index in [1.54, 1.807) is 4.31 Å².